The summed E-state index contributed by atoms with van der Waals surface area (Å²) < 4.78 is 26.7. The summed E-state index contributed by atoms with van der Waals surface area (Å²) in [5.41, 5.74) is 7.70. The highest BCUT2D eigenvalue weighted by Gasteiger charge is 2.09. The number of hydrogen-bond donors (Lipinski definition) is 1. The molecule has 0 saturated heterocycles. The monoisotopic (exact) mass is 219 g/mol. The fourth-order valence-corrected chi connectivity index (χ4v) is 1.61. The first-order valence-corrected chi connectivity index (χ1v) is 4.89. The van der Waals surface area contributed by atoms with Crippen LogP contribution in [0.1, 0.15) is 5.56 Å². The molecule has 0 fully saturated rings. The average molecular weight is 219 g/mol. The fraction of sp³-hybridized carbons (Fsp3) is 0.0769. The Kier molecular flexibility index (Phi) is 2.60. The lowest BCUT2D eigenvalue weighted by Crippen LogP contribution is -1.93. The molecule has 0 aliphatic rings. The fourth-order valence-electron chi connectivity index (χ4n) is 1.61. The van der Waals surface area contributed by atoms with Crippen LogP contribution in [0.5, 0.6) is 0 Å². The maximum atomic E-state index is 13.6. The minimum atomic E-state index is -0.426. The van der Waals surface area contributed by atoms with E-state index in [1.165, 1.54) is 24.3 Å². The summed E-state index contributed by atoms with van der Waals surface area (Å²) in [6.07, 6.45) is 0. The second-order valence-electron chi connectivity index (χ2n) is 3.71. The highest BCUT2D eigenvalue weighted by atomic mass is 19.1. The van der Waals surface area contributed by atoms with Gasteiger partial charge in [-0.05, 0) is 37.3 Å². The quantitative estimate of drug-likeness (QED) is 0.729. The van der Waals surface area contributed by atoms with Gasteiger partial charge < -0.3 is 5.73 Å². The van der Waals surface area contributed by atoms with Crippen molar-refractivity contribution < 1.29 is 8.78 Å². The van der Waals surface area contributed by atoms with Gasteiger partial charge in [-0.25, -0.2) is 8.78 Å². The Bertz CT molecular complexity index is 486. The first kappa shape index (κ1) is 10.6. The highest BCUT2D eigenvalue weighted by molar-refractivity contribution is 5.77. The topological polar surface area (TPSA) is 26.0 Å². The van der Waals surface area contributed by atoms with Gasteiger partial charge in [-0.15, -0.1) is 0 Å². The SMILES string of the molecule is Cc1ccc(F)c(-c2cc(F)ccc2N)c1. The highest BCUT2D eigenvalue weighted by Crippen LogP contribution is 2.29. The van der Waals surface area contributed by atoms with E-state index in [0.29, 0.717) is 16.8 Å². The summed E-state index contributed by atoms with van der Waals surface area (Å²) in [7, 11) is 0. The van der Waals surface area contributed by atoms with Gasteiger partial charge in [-0.3, -0.25) is 0 Å². The van der Waals surface area contributed by atoms with Crippen LogP contribution in [0, 0.1) is 18.6 Å². The number of aryl methyl sites for hydroxylation is 1. The van der Waals surface area contributed by atoms with Crippen molar-refractivity contribution in [3.63, 3.8) is 0 Å². The predicted octanol–water partition coefficient (Wildman–Crippen LogP) is 3.52. The van der Waals surface area contributed by atoms with Crippen molar-refractivity contribution in [3.05, 3.63) is 53.6 Å². The number of nitrogen functional groups attached to an aromatic ring is 1. The van der Waals surface area contributed by atoms with E-state index in [0.717, 1.165) is 5.56 Å². The summed E-state index contributed by atoms with van der Waals surface area (Å²) in [5, 5.41) is 0. The number of hydrogen-bond acceptors (Lipinski definition) is 1. The first-order valence-electron chi connectivity index (χ1n) is 4.89. The molecule has 82 valence electrons. The Labute approximate surface area is 92.5 Å². The van der Waals surface area contributed by atoms with Crippen LogP contribution in [0.15, 0.2) is 36.4 Å². The molecule has 0 aliphatic carbocycles. The molecule has 0 heterocycles. The zero-order valence-electron chi connectivity index (χ0n) is 8.80. The van der Waals surface area contributed by atoms with E-state index in [1.54, 1.807) is 12.1 Å². The molecule has 0 spiro atoms. The molecule has 2 aromatic carbocycles. The molecule has 1 nitrogen and oxygen atoms in total. The van der Waals surface area contributed by atoms with E-state index in [1.807, 2.05) is 6.92 Å². The van der Waals surface area contributed by atoms with Crippen molar-refractivity contribution in [2.45, 2.75) is 6.92 Å². The van der Waals surface area contributed by atoms with Crippen LogP contribution in [-0.4, -0.2) is 0 Å². The molecule has 0 bridgehead atoms. The summed E-state index contributed by atoms with van der Waals surface area (Å²) in [6, 6.07) is 8.61. The first-order chi connectivity index (χ1) is 7.58. The molecule has 2 rings (SSSR count). The lowest BCUT2D eigenvalue weighted by molar-refractivity contribution is 0.624. The number of nitrogens with two attached hydrogens (primary N) is 1. The third-order valence-electron chi connectivity index (χ3n) is 2.43. The van der Waals surface area contributed by atoms with Crippen LogP contribution in [0.4, 0.5) is 14.5 Å². The maximum Gasteiger partial charge on any atom is 0.131 e. The zero-order chi connectivity index (χ0) is 11.7. The minimum absolute atomic E-state index is 0.331. The average Bonchev–Trinajstić information content (AvgIpc) is 2.25. The van der Waals surface area contributed by atoms with Crippen LogP contribution in [0.3, 0.4) is 0 Å². The van der Waals surface area contributed by atoms with Gasteiger partial charge in [0.1, 0.15) is 11.6 Å². The number of anilines is 1. The molecule has 0 unspecified atom stereocenters. The lowest BCUT2D eigenvalue weighted by atomic mass is 10.0. The molecule has 0 atom stereocenters. The molecular formula is C13H11F2N. The van der Waals surface area contributed by atoms with Crippen molar-refractivity contribution in [3.8, 4) is 11.1 Å². The van der Waals surface area contributed by atoms with E-state index >= 15 is 0 Å². The Morgan fingerprint density at radius 3 is 2.44 bits per heavy atom. The van der Waals surface area contributed by atoms with Gasteiger partial charge in [0.15, 0.2) is 0 Å². The zero-order valence-corrected chi connectivity index (χ0v) is 8.80. The molecule has 0 aliphatic heterocycles. The van der Waals surface area contributed by atoms with Crippen molar-refractivity contribution >= 4 is 5.69 Å². The molecular weight excluding hydrogens is 208 g/mol. The van der Waals surface area contributed by atoms with Crippen LogP contribution < -0.4 is 5.73 Å². The van der Waals surface area contributed by atoms with Crippen LogP contribution in [-0.2, 0) is 0 Å². The number of benzene rings is 2. The third kappa shape index (κ3) is 1.89. The van der Waals surface area contributed by atoms with Gasteiger partial charge in [0.25, 0.3) is 0 Å². The van der Waals surface area contributed by atoms with Crippen LogP contribution in [0.2, 0.25) is 0 Å². The second kappa shape index (κ2) is 3.93. The van der Waals surface area contributed by atoms with E-state index in [-0.39, 0.29) is 0 Å². The van der Waals surface area contributed by atoms with E-state index in [9.17, 15) is 8.78 Å². The summed E-state index contributed by atoms with van der Waals surface area (Å²) >= 11 is 0. The van der Waals surface area contributed by atoms with Gasteiger partial charge in [-0.2, -0.15) is 0 Å². The predicted molar refractivity (Wildman–Crippen MR) is 60.9 cm³/mol. The molecule has 0 amide bonds. The molecule has 0 saturated carbocycles. The van der Waals surface area contributed by atoms with Gasteiger partial charge >= 0.3 is 0 Å². The van der Waals surface area contributed by atoms with Crippen LogP contribution >= 0.6 is 0 Å². The Morgan fingerprint density at radius 1 is 0.938 bits per heavy atom. The summed E-state index contributed by atoms with van der Waals surface area (Å²) in [4.78, 5) is 0. The molecule has 0 aromatic heterocycles. The molecule has 2 aromatic rings. The Balaban J connectivity index is 2.66. The number of halogens is 2. The summed E-state index contributed by atoms with van der Waals surface area (Å²) in [5.74, 6) is -0.826. The largest absolute Gasteiger partial charge is 0.398 e. The van der Waals surface area contributed by atoms with Crippen molar-refractivity contribution in [2.24, 2.45) is 0 Å². The second-order valence-corrected chi connectivity index (χ2v) is 3.71. The third-order valence-corrected chi connectivity index (χ3v) is 2.43. The molecule has 16 heavy (non-hydrogen) atoms. The molecule has 0 radical (unpaired) electrons. The van der Waals surface area contributed by atoms with Crippen LogP contribution in [0.25, 0.3) is 11.1 Å². The Morgan fingerprint density at radius 2 is 1.69 bits per heavy atom. The van der Waals surface area contributed by atoms with E-state index < -0.39 is 11.6 Å². The van der Waals surface area contributed by atoms with Crippen molar-refractivity contribution in [1.82, 2.24) is 0 Å². The lowest BCUT2D eigenvalue weighted by Gasteiger charge is -2.08. The van der Waals surface area contributed by atoms with E-state index in [4.69, 9.17) is 5.73 Å². The van der Waals surface area contributed by atoms with Gasteiger partial charge in [0, 0.05) is 16.8 Å². The van der Waals surface area contributed by atoms with E-state index in [2.05, 4.69) is 0 Å². The van der Waals surface area contributed by atoms with Gasteiger partial charge in [-0.1, -0.05) is 11.6 Å². The van der Waals surface area contributed by atoms with Gasteiger partial charge in [0.2, 0.25) is 0 Å². The minimum Gasteiger partial charge on any atom is -0.398 e. The van der Waals surface area contributed by atoms with Crippen molar-refractivity contribution in [1.29, 1.82) is 0 Å². The smallest absolute Gasteiger partial charge is 0.131 e. The maximum absolute atomic E-state index is 13.6. The summed E-state index contributed by atoms with van der Waals surface area (Å²) in [6.45, 7) is 1.85. The Hall–Kier alpha value is -1.90. The standard InChI is InChI=1S/C13H11F2N/c1-8-2-4-12(15)10(6-8)11-7-9(14)3-5-13(11)16/h2-7H,16H2,1H3. The normalized spacial score (nSPS) is 10.4. The molecule has 3 heteroatoms. The van der Waals surface area contributed by atoms with Crippen molar-refractivity contribution in [2.75, 3.05) is 5.73 Å². The number of rotatable bonds is 1. The van der Waals surface area contributed by atoms with Gasteiger partial charge in [0.05, 0.1) is 0 Å². The molecule has 2 N–H and O–H groups in total.